The summed E-state index contributed by atoms with van der Waals surface area (Å²) in [6.45, 7) is 2.60. The van der Waals surface area contributed by atoms with Gasteiger partial charge in [-0.05, 0) is 36.8 Å². The van der Waals surface area contributed by atoms with Crippen LogP contribution in [0.2, 0.25) is 0 Å². The minimum Gasteiger partial charge on any atom is -0.360 e. The minimum absolute atomic E-state index is 0.0687. The number of nitrogens with zero attached hydrogens (tertiary/aromatic N) is 5. The first kappa shape index (κ1) is 29.6. The van der Waals surface area contributed by atoms with Crippen LogP contribution in [0.5, 0.6) is 0 Å². The van der Waals surface area contributed by atoms with Gasteiger partial charge in [0.05, 0.1) is 29.0 Å². The third-order valence-corrected chi connectivity index (χ3v) is 7.29. The summed E-state index contributed by atoms with van der Waals surface area (Å²) in [5, 5.41) is 0.997. The molecule has 0 atom stereocenters. The standard InChI is InChI=1S/C22H17N3O2.C14H9N3O2/c1-15-5-4-6-16(11-15)13-25-14-18(22(27)19-12-23-9-10-24-19)21(26)17-7-2-3-8-20(17)25;18-13-9-3-1-2-4-11(9)17-7-10(13)14(19)12-8-15-5-6-16-12/h2-12,14H,13H2,1H3;1-8H,(H,17,18). The Bertz CT molecular complexity index is 2330. The Morgan fingerprint density at radius 2 is 1.35 bits per heavy atom. The first-order chi connectivity index (χ1) is 22.4. The Morgan fingerprint density at radius 3 is 2.02 bits per heavy atom. The first-order valence-electron chi connectivity index (χ1n) is 14.3. The van der Waals surface area contributed by atoms with Crippen LogP contribution in [-0.2, 0) is 6.54 Å². The molecule has 0 aliphatic rings. The first-order valence-corrected chi connectivity index (χ1v) is 14.3. The van der Waals surface area contributed by atoms with Gasteiger partial charge in [0.25, 0.3) is 0 Å². The predicted molar refractivity (Wildman–Crippen MR) is 174 cm³/mol. The highest BCUT2D eigenvalue weighted by Crippen LogP contribution is 2.16. The third-order valence-electron chi connectivity index (χ3n) is 7.29. The van der Waals surface area contributed by atoms with Crippen molar-refractivity contribution in [3.8, 4) is 0 Å². The molecule has 4 aromatic heterocycles. The number of hydrogen-bond donors (Lipinski definition) is 1. The van der Waals surface area contributed by atoms with Gasteiger partial charge in [-0.3, -0.25) is 29.1 Å². The van der Waals surface area contributed by atoms with Gasteiger partial charge >= 0.3 is 0 Å². The molecule has 3 aromatic carbocycles. The maximum absolute atomic E-state index is 12.9. The molecule has 7 aromatic rings. The number of para-hydroxylation sites is 2. The van der Waals surface area contributed by atoms with Crippen molar-refractivity contribution in [1.82, 2.24) is 29.5 Å². The average molecular weight is 607 g/mol. The number of aromatic nitrogens is 6. The summed E-state index contributed by atoms with van der Waals surface area (Å²) in [7, 11) is 0. The van der Waals surface area contributed by atoms with E-state index in [0.717, 1.165) is 16.6 Å². The second kappa shape index (κ2) is 13.1. The number of fused-ring (bicyclic) bond motifs is 2. The fourth-order valence-corrected chi connectivity index (χ4v) is 5.09. The molecule has 0 unspecified atom stereocenters. The molecule has 0 spiro atoms. The van der Waals surface area contributed by atoms with Crippen LogP contribution < -0.4 is 10.9 Å². The number of hydrogen-bond acceptors (Lipinski definition) is 8. The highest BCUT2D eigenvalue weighted by molar-refractivity contribution is 6.09. The van der Waals surface area contributed by atoms with Gasteiger partial charge in [-0.1, -0.05) is 54.1 Å². The lowest BCUT2D eigenvalue weighted by Gasteiger charge is -2.13. The van der Waals surface area contributed by atoms with Gasteiger partial charge in [0.2, 0.25) is 22.4 Å². The zero-order valence-corrected chi connectivity index (χ0v) is 24.6. The Balaban J connectivity index is 0.000000172. The second-order valence-electron chi connectivity index (χ2n) is 10.4. The number of pyridine rings is 2. The van der Waals surface area contributed by atoms with Crippen molar-refractivity contribution in [2.45, 2.75) is 13.5 Å². The van der Waals surface area contributed by atoms with Crippen LogP contribution in [0.15, 0.2) is 132 Å². The third kappa shape index (κ3) is 6.13. The van der Waals surface area contributed by atoms with Crippen molar-refractivity contribution >= 4 is 33.4 Å². The van der Waals surface area contributed by atoms with E-state index < -0.39 is 11.6 Å². The van der Waals surface area contributed by atoms with Crippen molar-refractivity contribution in [2.24, 2.45) is 0 Å². The number of rotatable bonds is 6. The van der Waals surface area contributed by atoms with E-state index in [9.17, 15) is 19.2 Å². The molecule has 0 fully saturated rings. The monoisotopic (exact) mass is 606 g/mol. The van der Waals surface area contributed by atoms with Gasteiger partial charge in [0, 0.05) is 60.0 Å². The molecule has 10 heteroatoms. The number of carbonyl (C=O) groups excluding carboxylic acids is 2. The van der Waals surface area contributed by atoms with Crippen LogP contribution in [0.1, 0.15) is 43.2 Å². The lowest BCUT2D eigenvalue weighted by atomic mass is 10.1. The fraction of sp³-hybridized carbons (Fsp3) is 0.0556. The van der Waals surface area contributed by atoms with Crippen LogP contribution in [0, 0.1) is 6.92 Å². The van der Waals surface area contributed by atoms with Crippen LogP contribution >= 0.6 is 0 Å². The Kier molecular flexibility index (Phi) is 8.42. The lowest BCUT2D eigenvalue weighted by molar-refractivity contribution is 0.102. The van der Waals surface area contributed by atoms with Crippen molar-refractivity contribution in [2.75, 3.05) is 0 Å². The van der Waals surface area contributed by atoms with Crippen LogP contribution in [0.25, 0.3) is 21.8 Å². The Labute approximate surface area is 262 Å². The van der Waals surface area contributed by atoms with Crippen LogP contribution in [0.4, 0.5) is 0 Å². The summed E-state index contributed by atoms with van der Waals surface area (Å²) < 4.78 is 1.94. The van der Waals surface area contributed by atoms with E-state index in [1.54, 1.807) is 36.5 Å². The maximum atomic E-state index is 12.9. The summed E-state index contributed by atoms with van der Waals surface area (Å²) in [5.74, 6) is -0.850. The van der Waals surface area contributed by atoms with Crippen molar-refractivity contribution in [3.05, 3.63) is 176 Å². The van der Waals surface area contributed by atoms with Gasteiger partial charge in [-0.25, -0.2) is 9.97 Å². The molecule has 0 aliphatic carbocycles. The van der Waals surface area contributed by atoms with E-state index in [1.807, 2.05) is 47.9 Å². The molecule has 0 saturated carbocycles. The number of aryl methyl sites for hydroxylation is 1. The van der Waals surface area contributed by atoms with Crippen molar-refractivity contribution in [1.29, 1.82) is 0 Å². The fourth-order valence-electron chi connectivity index (χ4n) is 5.09. The van der Waals surface area contributed by atoms with Crippen molar-refractivity contribution in [3.63, 3.8) is 0 Å². The van der Waals surface area contributed by atoms with E-state index in [1.165, 1.54) is 43.4 Å². The largest absolute Gasteiger partial charge is 0.360 e. The zero-order chi connectivity index (χ0) is 32.0. The second-order valence-corrected chi connectivity index (χ2v) is 10.4. The molecule has 1 N–H and O–H groups in total. The summed E-state index contributed by atoms with van der Waals surface area (Å²) in [6, 6.07) is 22.5. The summed E-state index contributed by atoms with van der Waals surface area (Å²) >= 11 is 0. The summed E-state index contributed by atoms with van der Waals surface area (Å²) in [4.78, 5) is 68.9. The number of carbonyl (C=O) groups is 2. The zero-order valence-electron chi connectivity index (χ0n) is 24.6. The van der Waals surface area contributed by atoms with Crippen LogP contribution in [-0.4, -0.2) is 41.1 Å². The topological polar surface area (TPSA) is 141 Å². The molecule has 0 aliphatic heterocycles. The van der Waals surface area contributed by atoms with Gasteiger partial charge < -0.3 is 9.55 Å². The normalized spacial score (nSPS) is 10.7. The molecule has 4 heterocycles. The van der Waals surface area contributed by atoms with Gasteiger partial charge in [-0.2, -0.15) is 0 Å². The highest BCUT2D eigenvalue weighted by Gasteiger charge is 2.19. The quantitative estimate of drug-likeness (QED) is 0.263. The maximum Gasteiger partial charge on any atom is 0.218 e. The van der Waals surface area contributed by atoms with E-state index in [-0.39, 0.29) is 33.4 Å². The summed E-state index contributed by atoms with van der Waals surface area (Å²) in [5.41, 5.74) is 3.64. The highest BCUT2D eigenvalue weighted by atomic mass is 16.1. The number of ketones is 2. The molecule has 7 rings (SSSR count). The smallest absolute Gasteiger partial charge is 0.218 e. The van der Waals surface area contributed by atoms with Gasteiger partial charge in [0.15, 0.2) is 0 Å². The van der Waals surface area contributed by atoms with Crippen molar-refractivity contribution < 1.29 is 9.59 Å². The lowest BCUT2D eigenvalue weighted by Crippen LogP contribution is -2.21. The van der Waals surface area contributed by atoms with E-state index >= 15 is 0 Å². The predicted octanol–water partition coefficient (Wildman–Crippen LogP) is 4.93. The molecule has 0 bridgehead atoms. The van der Waals surface area contributed by atoms with E-state index in [4.69, 9.17) is 0 Å². The van der Waals surface area contributed by atoms with E-state index in [0.29, 0.717) is 22.8 Å². The molecular formula is C36H26N6O4. The average Bonchev–Trinajstić information content (AvgIpc) is 3.10. The SMILES string of the molecule is Cc1cccc(Cn2cc(C(=O)c3cnccn3)c(=O)c3ccccc32)c1.O=C(c1cnccn1)c1c[nH]c2ccccc2c1=O. The number of nitrogens with one attached hydrogen (secondary N) is 1. The molecule has 0 radical (unpaired) electrons. The summed E-state index contributed by atoms with van der Waals surface area (Å²) in [6.07, 6.45) is 11.6. The molecule has 10 nitrogen and oxygen atoms in total. The molecule has 224 valence electrons. The number of benzene rings is 3. The van der Waals surface area contributed by atoms with Crippen LogP contribution in [0.3, 0.4) is 0 Å². The van der Waals surface area contributed by atoms with Gasteiger partial charge in [0.1, 0.15) is 11.4 Å². The molecular weight excluding hydrogens is 580 g/mol. The van der Waals surface area contributed by atoms with Gasteiger partial charge in [-0.15, -0.1) is 0 Å². The Hall–Kier alpha value is -6.42. The molecule has 46 heavy (non-hydrogen) atoms. The number of H-pyrrole nitrogens is 1. The molecule has 0 amide bonds. The molecule has 0 saturated heterocycles. The Morgan fingerprint density at radius 1 is 0.717 bits per heavy atom. The van der Waals surface area contributed by atoms with E-state index in [2.05, 4.69) is 31.0 Å². The number of aromatic amines is 1. The minimum atomic E-state index is -0.430.